The molecule has 0 aliphatic rings. The number of rotatable bonds is 16. The van der Waals surface area contributed by atoms with E-state index in [4.69, 9.17) is 0 Å². The molecule has 1 unspecified atom stereocenters. The maximum absolute atomic E-state index is 2.42. The highest BCUT2D eigenvalue weighted by Gasteiger charge is 2.11. The first-order chi connectivity index (χ1) is 12.3. The molecule has 1 heteroatoms. The number of hydrogen-bond acceptors (Lipinski definition) is 0. The molecule has 0 bridgehead atoms. The summed E-state index contributed by atoms with van der Waals surface area (Å²) in [5.41, 5.74) is 1.58. The fourth-order valence-corrected chi connectivity index (χ4v) is 4.09. The van der Waals surface area contributed by atoms with Gasteiger partial charge in [-0.3, -0.25) is 0 Å². The van der Waals surface area contributed by atoms with Crippen molar-refractivity contribution in [1.29, 1.82) is 0 Å². The molecule has 0 fully saturated rings. The topological polar surface area (TPSA) is 0 Å². The summed E-state index contributed by atoms with van der Waals surface area (Å²) in [6, 6.07) is 9.33. The van der Waals surface area contributed by atoms with Crippen LogP contribution in [0.4, 0.5) is 0 Å². The van der Waals surface area contributed by atoms with Crippen LogP contribution >= 0.6 is 22.6 Å². The Bertz CT molecular complexity index is 395. The second kappa shape index (κ2) is 16.1. The van der Waals surface area contributed by atoms with Crippen LogP contribution in [0.3, 0.4) is 0 Å². The number of hydrogen-bond donors (Lipinski definition) is 0. The summed E-state index contributed by atoms with van der Waals surface area (Å²) < 4.78 is 1.36. The fraction of sp³-hybridized carbons (Fsp3) is 0.750. The van der Waals surface area contributed by atoms with Crippen LogP contribution in [0.2, 0.25) is 0 Å². The highest BCUT2D eigenvalue weighted by Crippen LogP contribution is 2.29. The lowest BCUT2D eigenvalue weighted by molar-refractivity contribution is 0.486. The van der Waals surface area contributed by atoms with Crippen LogP contribution in [0.1, 0.15) is 122 Å². The molecule has 0 aromatic heterocycles. The summed E-state index contributed by atoms with van der Waals surface area (Å²) in [7, 11) is 0. The SMILES string of the molecule is CCCCCCCCCCC(CCCCCCC)c1ccc(I)cc1. The van der Waals surface area contributed by atoms with Crippen LogP contribution in [-0.4, -0.2) is 0 Å². The maximum atomic E-state index is 2.42. The van der Waals surface area contributed by atoms with E-state index in [0.29, 0.717) is 0 Å². The van der Waals surface area contributed by atoms with Crippen molar-refractivity contribution in [2.24, 2.45) is 0 Å². The van der Waals surface area contributed by atoms with E-state index in [1.54, 1.807) is 5.56 Å². The lowest BCUT2D eigenvalue weighted by atomic mass is 9.88. The van der Waals surface area contributed by atoms with Gasteiger partial charge in [0.15, 0.2) is 0 Å². The van der Waals surface area contributed by atoms with Crippen molar-refractivity contribution in [2.75, 3.05) is 0 Å². The van der Waals surface area contributed by atoms with Gasteiger partial charge in [-0.15, -0.1) is 0 Å². The molecular weight excluding hydrogens is 415 g/mol. The monoisotopic (exact) mass is 456 g/mol. The van der Waals surface area contributed by atoms with Crippen LogP contribution in [-0.2, 0) is 0 Å². The highest BCUT2D eigenvalue weighted by molar-refractivity contribution is 14.1. The minimum atomic E-state index is 0.790. The van der Waals surface area contributed by atoms with Crippen molar-refractivity contribution >= 4 is 22.6 Å². The van der Waals surface area contributed by atoms with Gasteiger partial charge < -0.3 is 0 Å². The lowest BCUT2D eigenvalue weighted by Gasteiger charge is -2.18. The molecule has 0 amide bonds. The summed E-state index contributed by atoms with van der Waals surface area (Å²) in [6.07, 6.45) is 21.2. The van der Waals surface area contributed by atoms with E-state index < -0.39 is 0 Å². The second-order valence-electron chi connectivity index (χ2n) is 7.71. The van der Waals surface area contributed by atoms with Gasteiger partial charge in [-0.1, -0.05) is 109 Å². The standard InChI is InChI=1S/C24H41I/c1-3-5-7-9-10-11-13-15-17-22(16-14-12-8-6-4-2)23-18-20-24(25)21-19-23/h18-22H,3-17H2,1-2H3. The zero-order valence-electron chi connectivity index (χ0n) is 16.9. The molecule has 0 heterocycles. The molecule has 1 atom stereocenters. The molecule has 0 aliphatic heterocycles. The van der Waals surface area contributed by atoms with Crippen LogP contribution in [0, 0.1) is 3.57 Å². The third-order valence-electron chi connectivity index (χ3n) is 5.40. The van der Waals surface area contributed by atoms with Crippen molar-refractivity contribution in [3.8, 4) is 0 Å². The van der Waals surface area contributed by atoms with Crippen LogP contribution in [0.5, 0.6) is 0 Å². The third-order valence-corrected chi connectivity index (χ3v) is 6.12. The highest BCUT2D eigenvalue weighted by atomic mass is 127. The van der Waals surface area contributed by atoms with E-state index in [2.05, 4.69) is 60.7 Å². The van der Waals surface area contributed by atoms with E-state index in [-0.39, 0.29) is 0 Å². The van der Waals surface area contributed by atoms with E-state index in [9.17, 15) is 0 Å². The summed E-state index contributed by atoms with van der Waals surface area (Å²) in [5, 5.41) is 0. The molecule has 25 heavy (non-hydrogen) atoms. The lowest BCUT2D eigenvalue weighted by Crippen LogP contribution is -2.00. The second-order valence-corrected chi connectivity index (χ2v) is 8.96. The predicted molar refractivity (Wildman–Crippen MR) is 123 cm³/mol. The summed E-state index contributed by atoms with van der Waals surface area (Å²) in [4.78, 5) is 0. The Hall–Kier alpha value is -0.0500. The molecular formula is C24H41I. The minimum absolute atomic E-state index is 0.790. The Balaban J connectivity index is 2.29. The van der Waals surface area contributed by atoms with Gasteiger partial charge in [-0.05, 0) is 59.0 Å². The van der Waals surface area contributed by atoms with Crippen LogP contribution in [0.25, 0.3) is 0 Å². The zero-order chi connectivity index (χ0) is 18.2. The average Bonchev–Trinajstić information content (AvgIpc) is 2.63. The van der Waals surface area contributed by atoms with Crippen molar-refractivity contribution in [2.45, 2.75) is 116 Å². The van der Waals surface area contributed by atoms with Crippen molar-refractivity contribution < 1.29 is 0 Å². The first-order valence-electron chi connectivity index (χ1n) is 11.0. The summed E-state index contributed by atoms with van der Waals surface area (Å²) in [6.45, 7) is 4.60. The number of halogens is 1. The molecule has 0 radical (unpaired) electrons. The van der Waals surface area contributed by atoms with Crippen molar-refractivity contribution in [1.82, 2.24) is 0 Å². The van der Waals surface area contributed by atoms with Gasteiger partial charge >= 0.3 is 0 Å². The Morgan fingerprint density at radius 3 is 1.44 bits per heavy atom. The molecule has 1 aromatic carbocycles. The Labute approximate surface area is 171 Å². The Morgan fingerprint density at radius 2 is 1.00 bits per heavy atom. The fourth-order valence-electron chi connectivity index (χ4n) is 3.73. The van der Waals surface area contributed by atoms with Gasteiger partial charge in [0.05, 0.1) is 0 Å². The van der Waals surface area contributed by atoms with E-state index in [0.717, 1.165) is 5.92 Å². The van der Waals surface area contributed by atoms with Crippen LogP contribution in [0.15, 0.2) is 24.3 Å². The smallest absolute Gasteiger partial charge is 0.0130 e. The molecule has 0 nitrogen and oxygen atoms in total. The zero-order valence-corrected chi connectivity index (χ0v) is 19.0. The van der Waals surface area contributed by atoms with Gasteiger partial charge in [0.25, 0.3) is 0 Å². The molecule has 0 N–H and O–H groups in total. The average molecular weight is 456 g/mol. The molecule has 0 aliphatic carbocycles. The Kier molecular flexibility index (Phi) is 14.8. The van der Waals surface area contributed by atoms with Crippen LogP contribution < -0.4 is 0 Å². The first-order valence-corrected chi connectivity index (χ1v) is 12.1. The number of benzene rings is 1. The van der Waals surface area contributed by atoms with Crippen molar-refractivity contribution in [3.05, 3.63) is 33.4 Å². The van der Waals surface area contributed by atoms with E-state index in [1.165, 1.54) is 99.9 Å². The maximum Gasteiger partial charge on any atom is 0.0130 e. The molecule has 1 aromatic rings. The summed E-state index contributed by atoms with van der Waals surface area (Å²) >= 11 is 2.42. The van der Waals surface area contributed by atoms with E-state index in [1.807, 2.05) is 0 Å². The molecule has 144 valence electrons. The van der Waals surface area contributed by atoms with E-state index >= 15 is 0 Å². The van der Waals surface area contributed by atoms with Gasteiger partial charge in [0.1, 0.15) is 0 Å². The third kappa shape index (κ3) is 12.0. The van der Waals surface area contributed by atoms with Gasteiger partial charge in [0.2, 0.25) is 0 Å². The summed E-state index contributed by atoms with van der Waals surface area (Å²) in [5.74, 6) is 0.790. The van der Waals surface area contributed by atoms with Gasteiger partial charge in [-0.25, -0.2) is 0 Å². The number of unbranched alkanes of at least 4 members (excludes halogenated alkanes) is 11. The van der Waals surface area contributed by atoms with Crippen molar-refractivity contribution in [3.63, 3.8) is 0 Å². The normalized spacial score (nSPS) is 12.4. The van der Waals surface area contributed by atoms with Gasteiger partial charge in [-0.2, -0.15) is 0 Å². The molecule has 0 saturated heterocycles. The first kappa shape index (κ1) is 23.0. The Morgan fingerprint density at radius 1 is 0.600 bits per heavy atom. The molecule has 0 saturated carbocycles. The molecule has 0 spiro atoms. The minimum Gasteiger partial charge on any atom is -0.0654 e. The largest absolute Gasteiger partial charge is 0.0654 e. The molecule has 1 rings (SSSR count). The van der Waals surface area contributed by atoms with Gasteiger partial charge in [0, 0.05) is 3.57 Å². The predicted octanol–water partition coefficient (Wildman–Crippen LogP) is 9.27. The quantitative estimate of drug-likeness (QED) is 0.172.